The molecular weight excluding hydrogens is 325 g/mol. The molecule has 124 valence electrons. The number of hydrogen-bond donors (Lipinski definition) is 0. The smallest absolute Gasteiger partial charge is 0.382 e. The van der Waals surface area contributed by atoms with Crippen molar-refractivity contribution in [2.75, 3.05) is 6.79 Å². The summed E-state index contributed by atoms with van der Waals surface area (Å²) in [5.41, 5.74) is -0.705. The van der Waals surface area contributed by atoms with Crippen LogP contribution in [-0.4, -0.2) is 6.79 Å². The maximum atomic E-state index is 14.3. The van der Waals surface area contributed by atoms with Gasteiger partial charge in [0.2, 0.25) is 5.75 Å². The highest BCUT2D eigenvalue weighted by atomic mass is 19.2. The minimum atomic E-state index is -1.45. The summed E-state index contributed by atoms with van der Waals surface area (Å²) in [6.45, 7) is -0.288. The number of halogens is 3. The van der Waals surface area contributed by atoms with E-state index in [1.807, 2.05) is 30.3 Å². The number of hydrogen-bond acceptors (Lipinski definition) is 4. The Balaban J connectivity index is 1.79. The minimum Gasteiger partial charge on any atom is -0.457 e. The molecule has 0 saturated carbocycles. The second kappa shape index (κ2) is 6.76. The van der Waals surface area contributed by atoms with Gasteiger partial charge in [-0.25, -0.2) is 18.0 Å². The number of rotatable bonds is 5. The molecule has 0 aliphatic carbocycles. The molecule has 0 bridgehead atoms. The second-order valence-corrected chi connectivity index (χ2v) is 4.86. The van der Waals surface area contributed by atoms with Crippen molar-refractivity contribution in [3.05, 3.63) is 75.9 Å². The van der Waals surface area contributed by atoms with Gasteiger partial charge in [-0.1, -0.05) is 30.3 Å². The van der Waals surface area contributed by atoms with E-state index in [-0.39, 0.29) is 6.61 Å². The molecule has 4 nitrogen and oxygen atoms in total. The Kier molecular flexibility index (Phi) is 4.52. The highest BCUT2D eigenvalue weighted by molar-refractivity contribution is 5.79. The van der Waals surface area contributed by atoms with Gasteiger partial charge in [-0.05, 0) is 17.7 Å². The van der Waals surface area contributed by atoms with E-state index in [9.17, 15) is 18.0 Å². The quantitative estimate of drug-likeness (QED) is 0.404. The van der Waals surface area contributed by atoms with Gasteiger partial charge in [0.25, 0.3) is 0 Å². The SMILES string of the molecule is O=c1oc2ccc(F)c(F)c2c(F)c1OCOCc1ccccc1. The lowest BCUT2D eigenvalue weighted by molar-refractivity contribution is 0.00120. The van der Waals surface area contributed by atoms with Crippen LogP contribution in [0.15, 0.2) is 51.7 Å². The molecule has 0 unspecified atom stereocenters. The van der Waals surface area contributed by atoms with Gasteiger partial charge in [0, 0.05) is 0 Å². The summed E-state index contributed by atoms with van der Waals surface area (Å²) in [5, 5.41) is -0.785. The van der Waals surface area contributed by atoms with Gasteiger partial charge in [0.15, 0.2) is 24.2 Å². The molecule has 7 heteroatoms. The van der Waals surface area contributed by atoms with Crippen molar-refractivity contribution < 1.29 is 27.1 Å². The number of fused-ring (bicyclic) bond motifs is 1. The lowest BCUT2D eigenvalue weighted by Crippen LogP contribution is -2.13. The minimum absolute atomic E-state index is 0.171. The maximum Gasteiger partial charge on any atom is 0.382 e. The fourth-order valence-corrected chi connectivity index (χ4v) is 2.13. The van der Waals surface area contributed by atoms with Gasteiger partial charge in [0.1, 0.15) is 5.58 Å². The lowest BCUT2D eigenvalue weighted by atomic mass is 10.2. The van der Waals surface area contributed by atoms with E-state index in [4.69, 9.17) is 13.9 Å². The van der Waals surface area contributed by atoms with Crippen LogP contribution in [0.5, 0.6) is 5.75 Å². The van der Waals surface area contributed by atoms with Gasteiger partial charge in [-0.3, -0.25) is 0 Å². The molecule has 3 aromatic rings. The van der Waals surface area contributed by atoms with E-state index in [2.05, 4.69) is 0 Å². The van der Waals surface area contributed by atoms with Gasteiger partial charge in [-0.2, -0.15) is 0 Å². The highest BCUT2D eigenvalue weighted by Gasteiger charge is 2.21. The molecule has 0 fully saturated rings. The van der Waals surface area contributed by atoms with Crippen LogP contribution in [-0.2, 0) is 11.3 Å². The zero-order valence-corrected chi connectivity index (χ0v) is 12.2. The molecule has 0 atom stereocenters. The van der Waals surface area contributed by atoms with Crippen molar-refractivity contribution in [2.24, 2.45) is 0 Å². The summed E-state index contributed by atoms with van der Waals surface area (Å²) >= 11 is 0. The molecule has 0 amide bonds. The maximum absolute atomic E-state index is 14.3. The van der Waals surface area contributed by atoms with Gasteiger partial charge >= 0.3 is 5.63 Å². The van der Waals surface area contributed by atoms with Crippen molar-refractivity contribution in [3.8, 4) is 5.75 Å². The Morgan fingerprint density at radius 3 is 2.46 bits per heavy atom. The number of benzene rings is 2. The summed E-state index contributed by atoms with van der Waals surface area (Å²) in [7, 11) is 0. The van der Waals surface area contributed by atoms with E-state index in [0.717, 1.165) is 17.7 Å². The molecule has 1 heterocycles. The van der Waals surface area contributed by atoms with Crippen LogP contribution in [0, 0.1) is 17.5 Å². The summed E-state index contributed by atoms with van der Waals surface area (Å²) in [6, 6.07) is 10.8. The first-order valence-electron chi connectivity index (χ1n) is 6.92. The van der Waals surface area contributed by atoms with E-state index < -0.39 is 46.6 Å². The van der Waals surface area contributed by atoms with Gasteiger partial charge in [0.05, 0.1) is 12.0 Å². The molecule has 0 radical (unpaired) electrons. The van der Waals surface area contributed by atoms with E-state index >= 15 is 0 Å². The third-order valence-electron chi connectivity index (χ3n) is 3.26. The number of ether oxygens (including phenoxy) is 2. The molecule has 24 heavy (non-hydrogen) atoms. The van der Waals surface area contributed by atoms with Crippen LogP contribution in [0.2, 0.25) is 0 Å². The topological polar surface area (TPSA) is 48.7 Å². The molecule has 2 aromatic carbocycles. The van der Waals surface area contributed by atoms with Gasteiger partial charge in [-0.15, -0.1) is 0 Å². The Hall–Kier alpha value is -2.80. The molecule has 0 saturated heterocycles. The predicted octanol–water partition coefficient (Wildman–Crippen LogP) is 3.76. The summed E-state index contributed by atoms with van der Waals surface area (Å²) in [5.74, 6) is -4.91. The zero-order valence-electron chi connectivity index (χ0n) is 12.2. The Morgan fingerprint density at radius 2 is 1.71 bits per heavy atom. The summed E-state index contributed by atoms with van der Waals surface area (Å²) < 4.78 is 56.0. The van der Waals surface area contributed by atoms with Crippen LogP contribution in [0.4, 0.5) is 13.2 Å². The van der Waals surface area contributed by atoms with Gasteiger partial charge < -0.3 is 13.9 Å². The monoisotopic (exact) mass is 336 g/mol. The van der Waals surface area contributed by atoms with Crippen molar-refractivity contribution in [3.63, 3.8) is 0 Å². The first-order valence-corrected chi connectivity index (χ1v) is 6.92. The molecule has 0 spiro atoms. The average molecular weight is 336 g/mol. The molecular formula is C17H11F3O4. The van der Waals surface area contributed by atoms with E-state index in [1.165, 1.54) is 0 Å². The van der Waals surface area contributed by atoms with Crippen LogP contribution in [0.25, 0.3) is 11.0 Å². The summed E-state index contributed by atoms with van der Waals surface area (Å²) in [4.78, 5) is 11.7. The third-order valence-corrected chi connectivity index (χ3v) is 3.26. The normalized spacial score (nSPS) is 11.0. The molecule has 3 rings (SSSR count). The fourth-order valence-electron chi connectivity index (χ4n) is 2.13. The third kappa shape index (κ3) is 3.11. The molecule has 0 aliphatic heterocycles. The van der Waals surface area contributed by atoms with Crippen LogP contribution in [0.3, 0.4) is 0 Å². The Morgan fingerprint density at radius 1 is 0.958 bits per heavy atom. The molecule has 0 aliphatic rings. The van der Waals surface area contributed by atoms with Crippen molar-refractivity contribution in [2.45, 2.75) is 6.61 Å². The van der Waals surface area contributed by atoms with Crippen LogP contribution >= 0.6 is 0 Å². The average Bonchev–Trinajstić information content (AvgIpc) is 2.58. The Bertz CT molecular complexity index is 923. The van der Waals surface area contributed by atoms with Crippen LogP contribution < -0.4 is 10.4 Å². The highest BCUT2D eigenvalue weighted by Crippen LogP contribution is 2.26. The fraction of sp³-hybridized carbons (Fsp3) is 0.118. The van der Waals surface area contributed by atoms with Crippen molar-refractivity contribution in [1.82, 2.24) is 0 Å². The van der Waals surface area contributed by atoms with E-state index in [1.54, 1.807) is 0 Å². The lowest BCUT2D eigenvalue weighted by Gasteiger charge is -2.09. The van der Waals surface area contributed by atoms with Crippen molar-refractivity contribution in [1.29, 1.82) is 0 Å². The predicted molar refractivity (Wildman–Crippen MR) is 79.1 cm³/mol. The standard InChI is InChI=1S/C17H11F3O4/c18-11-6-7-12-13(14(11)19)15(20)16(17(21)24-12)23-9-22-8-10-4-2-1-3-5-10/h1-7H,8-9H2. The Labute approximate surface area is 134 Å². The largest absolute Gasteiger partial charge is 0.457 e. The first-order chi connectivity index (χ1) is 11.6. The first kappa shape index (κ1) is 16.1. The van der Waals surface area contributed by atoms with Crippen LogP contribution in [0.1, 0.15) is 5.56 Å². The second-order valence-electron chi connectivity index (χ2n) is 4.86. The molecule has 1 aromatic heterocycles. The van der Waals surface area contributed by atoms with E-state index in [0.29, 0.717) is 0 Å². The van der Waals surface area contributed by atoms with Crippen molar-refractivity contribution >= 4 is 11.0 Å². The molecule has 0 N–H and O–H groups in total. The summed E-state index contributed by atoms with van der Waals surface area (Å²) in [6.07, 6.45) is 0. The zero-order chi connectivity index (χ0) is 17.1.